The van der Waals surface area contributed by atoms with Crippen LogP contribution in [-0.2, 0) is 0 Å². The monoisotopic (exact) mass is 264 g/mol. The molecule has 3 heterocycles. The molecule has 0 spiro atoms. The van der Waals surface area contributed by atoms with E-state index in [1.807, 2.05) is 22.7 Å². The Balaban J connectivity index is 1.80. The molecule has 1 aliphatic heterocycles. The average Bonchev–Trinajstić information content (AvgIpc) is 3.03. The minimum Gasteiger partial charge on any atom is -0.148 e. The summed E-state index contributed by atoms with van der Waals surface area (Å²) < 4.78 is 0. The molecule has 0 fully saturated rings. The highest BCUT2D eigenvalue weighted by molar-refractivity contribution is 8.00. The second-order valence-electron chi connectivity index (χ2n) is 3.74. The molecule has 2 unspecified atom stereocenters. The predicted molar refractivity (Wildman–Crippen MR) is 75.5 cm³/mol. The minimum absolute atomic E-state index is 0.556. The summed E-state index contributed by atoms with van der Waals surface area (Å²) in [7, 11) is 0. The zero-order chi connectivity index (χ0) is 10.8. The zero-order valence-electron chi connectivity index (χ0n) is 8.71. The van der Waals surface area contributed by atoms with Gasteiger partial charge < -0.3 is 0 Å². The number of hydrogen-bond acceptors (Lipinski definition) is 3. The van der Waals surface area contributed by atoms with Crippen molar-refractivity contribution in [2.75, 3.05) is 0 Å². The van der Waals surface area contributed by atoms with E-state index in [9.17, 15) is 0 Å². The molecule has 3 rings (SSSR count). The third kappa shape index (κ3) is 2.12. The molecule has 0 aromatic carbocycles. The van der Waals surface area contributed by atoms with Crippen LogP contribution in [0.5, 0.6) is 0 Å². The SMILES string of the molecule is C1=CC(c2cccs2)SC(c2cccs2)C1. The van der Waals surface area contributed by atoms with E-state index in [-0.39, 0.29) is 0 Å². The summed E-state index contributed by atoms with van der Waals surface area (Å²) in [4.78, 5) is 2.98. The summed E-state index contributed by atoms with van der Waals surface area (Å²) in [5, 5.41) is 5.55. The van der Waals surface area contributed by atoms with E-state index in [4.69, 9.17) is 0 Å². The molecule has 0 N–H and O–H groups in total. The van der Waals surface area contributed by atoms with Crippen LogP contribution in [-0.4, -0.2) is 0 Å². The second kappa shape index (κ2) is 4.78. The van der Waals surface area contributed by atoms with Gasteiger partial charge in [-0.25, -0.2) is 0 Å². The molecule has 0 aliphatic carbocycles. The van der Waals surface area contributed by atoms with Crippen LogP contribution in [0.3, 0.4) is 0 Å². The van der Waals surface area contributed by atoms with Crippen LogP contribution < -0.4 is 0 Å². The van der Waals surface area contributed by atoms with Crippen molar-refractivity contribution in [2.45, 2.75) is 16.9 Å². The second-order valence-corrected chi connectivity index (χ2v) is 7.05. The fourth-order valence-corrected chi connectivity index (χ4v) is 5.15. The zero-order valence-corrected chi connectivity index (χ0v) is 11.2. The molecule has 0 saturated heterocycles. The van der Waals surface area contributed by atoms with Crippen LogP contribution in [0.2, 0.25) is 0 Å². The van der Waals surface area contributed by atoms with Gasteiger partial charge in [-0.05, 0) is 29.3 Å². The van der Waals surface area contributed by atoms with Gasteiger partial charge in [0.15, 0.2) is 0 Å². The molecule has 2 aromatic heterocycles. The molecule has 0 amide bonds. The normalized spacial score (nSPS) is 24.8. The van der Waals surface area contributed by atoms with Gasteiger partial charge in [0.25, 0.3) is 0 Å². The molecule has 0 nitrogen and oxygen atoms in total. The van der Waals surface area contributed by atoms with E-state index in [0.29, 0.717) is 10.5 Å². The maximum Gasteiger partial charge on any atom is 0.0577 e. The molecule has 0 saturated carbocycles. The van der Waals surface area contributed by atoms with Crippen molar-refractivity contribution < 1.29 is 0 Å². The minimum atomic E-state index is 0.556. The summed E-state index contributed by atoms with van der Waals surface area (Å²) in [6, 6.07) is 8.79. The summed E-state index contributed by atoms with van der Waals surface area (Å²) in [5.41, 5.74) is 0. The van der Waals surface area contributed by atoms with E-state index in [0.717, 1.165) is 0 Å². The number of thiophene rings is 2. The molecular weight excluding hydrogens is 252 g/mol. The van der Waals surface area contributed by atoms with Crippen molar-refractivity contribution >= 4 is 34.4 Å². The maximum absolute atomic E-state index is 2.35. The van der Waals surface area contributed by atoms with E-state index in [1.54, 1.807) is 0 Å². The number of thioether (sulfide) groups is 1. The third-order valence-corrected chi connectivity index (χ3v) is 6.38. The van der Waals surface area contributed by atoms with Crippen LogP contribution in [0.1, 0.15) is 26.7 Å². The Bertz CT molecular complexity index is 453. The Morgan fingerprint density at radius 3 is 2.44 bits per heavy atom. The van der Waals surface area contributed by atoms with Crippen molar-refractivity contribution in [3.05, 3.63) is 56.9 Å². The lowest BCUT2D eigenvalue weighted by atomic mass is 10.2. The number of hydrogen-bond donors (Lipinski definition) is 0. The fourth-order valence-electron chi connectivity index (χ4n) is 1.88. The molecule has 2 aromatic rings. The molecular formula is C13H12S3. The maximum atomic E-state index is 2.35. The first-order chi connectivity index (χ1) is 7.93. The molecule has 16 heavy (non-hydrogen) atoms. The smallest absolute Gasteiger partial charge is 0.0577 e. The Labute approximate surface area is 108 Å². The van der Waals surface area contributed by atoms with Crippen LogP contribution in [0.25, 0.3) is 0 Å². The van der Waals surface area contributed by atoms with Gasteiger partial charge in [0.2, 0.25) is 0 Å². The van der Waals surface area contributed by atoms with Crippen LogP contribution in [0, 0.1) is 0 Å². The summed E-state index contributed by atoms with van der Waals surface area (Å²) in [6.07, 6.45) is 5.86. The highest BCUT2D eigenvalue weighted by Gasteiger charge is 2.22. The van der Waals surface area contributed by atoms with Crippen molar-refractivity contribution in [3.63, 3.8) is 0 Å². The van der Waals surface area contributed by atoms with E-state index >= 15 is 0 Å². The van der Waals surface area contributed by atoms with Crippen molar-refractivity contribution in [1.29, 1.82) is 0 Å². The fraction of sp³-hybridized carbons (Fsp3) is 0.231. The Morgan fingerprint density at radius 1 is 1.00 bits per heavy atom. The standard InChI is InChI=1S/C13H12S3/c1-4-12(10-6-2-8-14-10)16-13(5-1)11-7-3-9-15-11/h1-4,6-9,12-13H,5H2. The highest BCUT2D eigenvalue weighted by atomic mass is 32.2. The topological polar surface area (TPSA) is 0 Å². The molecule has 2 atom stereocenters. The average molecular weight is 264 g/mol. The van der Waals surface area contributed by atoms with E-state index in [1.165, 1.54) is 16.2 Å². The Hall–Kier alpha value is -0.510. The Kier molecular flexibility index (Phi) is 3.18. The van der Waals surface area contributed by atoms with Gasteiger partial charge in [-0.2, -0.15) is 0 Å². The number of allylic oxidation sites excluding steroid dienone is 1. The van der Waals surface area contributed by atoms with Gasteiger partial charge in [0, 0.05) is 15.0 Å². The first kappa shape index (κ1) is 10.6. The van der Waals surface area contributed by atoms with Crippen molar-refractivity contribution in [2.24, 2.45) is 0 Å². The largest absolute Gasteiger partial charge is 0.148 e. The van der Waals surface area contributed by atoms with E-state index < -0.39 is 0 Å². The lowest BCUT2D eigenvalue weighted by Crippen LogP contribution is -1.99. The van der Waals surface area contributed by atoms with E-state index in [2.05, 4.69) is 58.9 Å². The quantitative estimate of drug-likeness (QED) is 0.665. The van der Waals surface area contributed by atoms with Gasteiger partial charge in [0.05, 0.1) is 5.25 Å². The lowest BCUT2D eigenvalue weighted by molar-refractivity contribution is 0.957. The molecule has 0 radical (unpaired) electrons. The van der Waals surface area contributed by atoms with Gasteiger partial charge in [0.1, 0.15) is 0 Å². The van der Waals surface area contributed by atoms with Gasteiger partial charge in [-0.15, -0.1) is 34.4 Å². The van der Waals surface area contributed by atoms with Gasteiger partial charge >= 0.3 is 0 Å². The van der Waals surface area contributed by atoms with Crippen LogP contribution in [0.15, 0.2) is 47.2 Å². The predicted octanol–water partition coefficient (Wildman–Crippen LogP) is 5.29. The lowest BCUT2D eigenvalue weighted by Gasteiger charge is -2.22. The third-order valence-electron chi connectivity index (χ3n) is 2.66. The number of rotatable bonds is 2. The van der Waals surface area contributed by atoms with Crippen LogP contribution >= 0.6 is 34.4 Å². The van der Waals surface area contributed by atoms with Crippen molar-refractivity contribution in [1.82, 2.24) is 0 Å². The summed E-state index contributed by atoms with van der Waals surface area (Å²) >= 11 is 5.82. The van der Waals surface area contributed by atoms with Gasteiger partial charge in [-0.3, -0.25) is 0 Å². The Morgan fingerprint density at radius 2 is 1.75 bits per heavy atom. The van der Waals surface area contributed by atoms with Crippen LogP contribution in [0.4, 0.5) is 0 Å². The first-order valence-corrected chi connectivity index (χ1v) is 8.02. The van der Waals surface area contributed by atoms with Gasteiger partial charge in [-0.1, -0.05) is 24.3 Å². The van der Waals surface area contributed by atoms with Crippen molar-refractivity contribution in [3.8, 4) is 0 Å². The molecule has 0 bridgehead atoms. The molecule has 1 aliphatic rings. The first-order valence-electron chi connectivity index (χ1n) is 5.32. The molecule has 82 valence electrons. The summed E-state index contributed by atoms with van der Waals surface area (Å²) in [6.45, 7) is 0. The molecule has 3 heteroatoms. The highest BCUT2D eigenvalue weighted by Crippen LogP contribution is 2.48. The summed E-state index contributed by atoms with van der Waals surface area (Å²) in [5.74, 6) is 0.